The molecule has 2 aromatic rings. The highest BCUT2D eigenvalue weighted by molar-refractivity contribution is 6.01. The first-order valence-electron chi connectivity index (χ1n) is 7.45. The first-order valence-corrected chi connectivity index (χ1v) is 7.45. The Balaban J connectivity index is 1.51. The largest absolute Gasteiger partial charge is 0.388 e. The molecule has 0 spiro atoms. The molecule has 2 atom stereocenters. The van der Waals surface area contributed by atoms with Gasteiger partial charge in [-0.05, 0) is 42.7 Å². The Morgan fingerprint density at radius 2 is 1.82 bits per heavy atom. The van der Waals surface area contributed by atoms with Crippen molar-refractivity contribution < 1.29 is 14.3 Å². The maximum atomic E-state index is 12.9. The van der Waals surface area contributed by atoms with Crippen molar-refractivity contribution in [1.82, 2.24) is 0 Å². The molecule has 0 aromatic heterocycles. The van der Waals surface area contributed by atoms with Crippen LogP contribution in [0.25, 0.3) is 0 Å². The van der Waals surface area contributed by atoms with E-state index in [9.17, 15) is 14.3 Å². The molecule has 3 nitrogen and oxygen atoms in total. The van der Waals surface area contributed by atoms with Crippen molar-refractivity contribution in [2.75, 3.05) is 11.4 Å². The molecule has 22 heavy (non-hydrogen) atoms. The van der Waals surface area contributed by atoms with Crippen LogP contribution in [-0.4, -0.2) is 17.6 Å². The van der Waals surface area contributed by atoms with Crippen molar-refractivity contribution in [2.24, 2.45) is 5.92 Å². The molecule has 0 aliphatic carbocycles. The van der Waals surface area contributed by atoms with E-state index in [-0.39, 0.29) is 17.6 Å². The van der Waals surface area contributed by atoms with Crippen LogP contribution in [0.2, 0.25) is 0 Å². The molecule has 0 radical (unpaired) electrons. The van der Waals surface area contributed by atoms with Crippen LogP contribution in [0.5, 0.6) is 0 Å². The van der Waals surface area contributed by atoms with Crippen molar-refractivity contribution >= 4 is 11.6 Å². The highest BCUT2D eigenvalue weighted by atomic mass is 19.1. The van der Waals surface area contributed by atoms with Crippen LogP contribution < -0.4 is 4.90 Å². The van der Waals surface area contributed by atoms with Crippen LogP contribution in [0.15, 0.2) is 54.6 Å². The molecule has 114 valence electrons. The maximum absolute atomic E-state index is 12.9. The third-order valence-electron chi connectivity index (χ3n) is 4.13. The predicted molar refractivity (Wildman–Crippen MR) is 82.9 cm³/mol. The second kappa shape index (κ2) is 6.28. The molecule has 3 rings (SSSR count). The highest BCUT2D eigenvalue weighted by Gasteiger charge is 2.37. The third kappa shape index (κ3) is 3.02. The fourth-order valence-corrected chi connectivity index (χ4v) is 2.76. The van der Waals surface area contributed by atoms with E-state index in [2.05, 4.69) is 0 Å². The summed E-state index contributed by atoms with van der Waals surface area (Å²) in [6.45, 7) is 0.693. The highest BCUT2D eigenvalue weighted by Crippen LogP contribution is 2.31. The number of carbonyl (C=O) groups excluding carboxylic acids is 1. The van der Waals surface area contributed by atoms with Crippen molar-refractivity contribution in [3.8, 4) is 0 Å². The zero-order chi connectivity index (χ0) is 15.5. The quantitative estimate of drug-likeness (QED) is 0.861. The van der Waals surface area contributed by atoms with E-state index >= 15 is 0 Å². The lowest BCUT2D eigenvalue weighted by Crippen LogP contribution is -2.52. The fourth-order valence-electron chi connectivity index (χ4n) is 2.76. The van der Waals surface area contributed by atoms with E-state index in [0.717, 1.165) is 5.69 Å². The predicted octanol–water partition coefficient (Wildman–Crippen LogP) is 3.30. The molecular weight excluding hydrogens is 281 g/mol. The summed E-state index contributed by atoms with van der Waals surface area (Å²) < 4.78 is 12.9. The molecule has 1 N–H and O–H groups in total. The number of halogens is 1. The Bertz CT molecular complexity index is 642. The third-order valence-corrected chi connectivity index (χ3v) is 4.13. The molecule has 1 amide bonds. The smallest absolute Gasteiger partial charge is 0.231 e. The Morgan fingerprint density at radius 3 is 2.45 bits per heavy atom. The zero-order valence-electron chi connectivity index (χ0n) is 12.2. The van der Waals surface area contributed by atoms with Crippen molar-refractivity contribution in [3.05, 3.63) is 66.0 Å². The Kier molecular flexibility index (Phi) is 4.20. The van der Waals surface area contributed by atoms with Gasteiger partial charge in [-0.25, -0.2) is 4.39 Å². The zero-order valence-corrected chi connectivity index (χ0v) is 12.2. The Morgan fingerprint density at radius 1 is 1.14 bits per heavy atom. The van der Waals surface area contributed by atoms with Crippen LogP contribution in [0.3, 0.4) is 0 Å². The van der Waals surface area contributed by atoms with Crippen LogP contribution >= 0.6 is 0 Å². The summed E-state index contributed by atoms with van der Waals surface area (Å²) in [7, 11) is 0. The summed E-state index contributed by atoms with van der Waals surface area (Å²) in [5.74, 6) is -0.239. The lowest BCUT2D eigenvalue weighted by atomic mass is 9.90. The Labute approximate surface area is 129 Å². The van der Waals surface area contributed by atoms with Crippen LogP contribution in [0.4, 0.5) is 10.1 Å². The van der Waals surface area contributed by atoms with Crippen LogP contribution in [-0.2, 0) is 4.79 Å². The van der Waals surface area contributed by atoms with E-state index in [1.807, 2.05) is 30.3 Å². The van der Waals surface area contributed by atoms with Crippen LogP contribution in [0.1, 0.15) is 24.5 Å². The van der Waals surface area contributed by atoms with Gasteiger partial charge >= 0.3 is 0 Å². The number of para-hydroxylation sites is 1. The molecule has 0 saturated carbocycles. The summed E-state index contributed by atoms with van der Waals surface area (Å²) in [4.78, 5) is 13.9. The van der Waals surface area contributed by atoms with Gasteiger partial charge in [-0.15, -0.1) is 0 Å². The molecule has 4 heteroatoms. The number of aliphatic hydroxyl groups excluding tert-OH is 1. The van der Waals surface area contributed by atoms with Crippen molar-refractivity contribution in [1.29, 1.82) is 0 Å². The SMILES string of the molecule is O=C1[C@H](CCC(O)c2ccc(F)cc2)CN1c1ccccc1. The average Bonchev–Trinajstić information content (AvgIpc) is 2.55. The first-order chi connectivity index (χ1) is 10.6. The molecule has 1 fully saturated rings. The summed E-state index contributed by atoms with van der Waals surface area (Å²) >= 11 is 0. The molecule has 0 bridgehead atoms. The lowest BCUT2D eigenvalue weighted by Gasteiger charge is -2.38. The van der Waals surface area contributed by atoms with Crippen molar-refractivity contribution in [3.63, 3.8) is 0 Å². The van der Waals surface area contributed by atoms with Gasteiger partial charge in [-0.1, -0.05) is 30.3 Å². The monoisotopic (exact) mass is 299 g/mol. The molecule has 1 saturated heterocycles. The number of hydrogen-bond donors (Lipinski definition) is 1. The van der Waals surface area contributed by atoms with Gasteiger partial charge in [0, 0.05) is 12.2 Å². The average molecular weight is 299 g/mol. The van der Waals surface area contributed by atoms with Gasteiger partial charge in [0.25, 0.3) is 0 Å². The molecule has 1 unspecified atom stereocenters. The number of amides is 1. The first kappa shape index (κ1) is 14.7. The lowest BCUT2D eigenvalue weighted by molar-refractivity contribution is -0.127. The van der Waals surface area contributed by atoms with E-state index in [4.69, 9.17) is 0 Å². The summed E-state index contributed by atoms with van der Waals surface area (Å²) in [6.07, 6.45) is 0.491. The number of hydrogen-bond acceptors (Lipinski definition) is 2. The molecular formula is C18H18FNO2. The molecule has 1 heterocycles. The van der Waals surface area contributed by atoms with E-state index in [1.165, 1.54) is 12.1 Å². The number of nitrogens with zero attached hydrogens (tertiary/aromatic N) is 1. The molecule has 1 aliphatic heterocycles. The fraction of sp³-hybridized carbons (Fsp3) is 0.278. The van der Waals surface area contributed by atoms with E-state index < -0.39 is 6.10 Å². The van der Waals surface area contributed by atoms with Gasteiger partial charge in [0.1, 0.15) is 5.82 Å². The number of carbonyl (C=O) groups is 1. The summed E-state index contributed by atoms with van der Waals surface area (Å²) in [5, 5.41) is 10.1. The van der Waals surface area contributed by atoms with Gasteiger partial charge < -0.3 is 10.0 Å². The molecule has 2 aromatic carbocycles. The van der Waals surface area contributed by atoms with Crippen LogP contribution in [0, 0.1) is 11.7 Å². The van der Waals surface area contributed by atoms with Gasteiger partial charge in [0.15, 0.2) is 0 Å². The second-order valence-corrected chi connectivity index (χ2v) is 5.63. The summed E-state index contributed by atoms with van der Waals surface area (Å²) in [6, 6.07) is 15.4. The summed E-state index contributed by atoms with van der Waals surface area (Å²) in [5.41, 5.74) is 1.61. The van der Waals surface area contributed by atoms with Gasteiger partial charge in [0.2, 0.25) is 5.91 Å². The number of rotatable bonds is 5. The number of benzene rings is 2. The number of anilines is 1. The van der Waals surface area contributed by atoms with Crippen molar-refractivity contribution in [2.45, 2.75) is 18.9 Å². The van der Waals surface area contributed by atoms with E-state index in [1.54, 1.807) is 17.0 Å². The normalized spacial score (nSPS) is 18.9. The topological polar surface area (TPSA) is 40.5 Å². The minimum absolute atomic E-state index is 0.0321. The molecule has 1 aliphatic rings. The number of aliphatic hydroxyl groups is 1. The number of β-lactam (4-membered cyclic amide) rings is 1. The maximum Gasteiger partial charge on any atom is 0.231 e. The van der Waals surface area contributed by atoms with Gasteiger partial charge in [0.05, 0.1) is 12.0 Å². The second-order valence-electron chi connectivity index (χ2n) is 5.63. The van der Waals surface area contributed by atoms with Gasteiger partial charge in [-0.2, -0.15) is 0 Å². The minimum atomic E-state index is -0.654. The standard InChI is InChI=1S/C18H18FNO2/c19-15-9-6-13(7-10-15)17(21)11-8-14-12-20(18(14)22)16-4-2-1-3-5-16/h1-7,9-10,14,17,21H,8,11-12H2/t14-,17?/m1/s1. The van der Waals surface area contributed by atoms with E-state index in [0.29, 0.717) is 24.9 Å². The van der Waals surface area contributed by atoms with Gasteiger partial charge in [-0.3, -0.25) is 4.79 Å². The Hall–Kier alpha value is -2.20. The minimum Gasteiger partial charge on any atom is -0.388 e.